The third kappa shape index (κ3) is 3.81. The van der Waals surface area contributed by atoms with E-state index in [2.05, 4.69) is 50.1 Å². The Morgan fingerprint density at radius 2 is 1.93 bits per heavy atom. The molecule has 0 amide bonds. The lowest BCUT2D eigenvalue weighted by atomic mass is 9.69. The minimum Gasteiger partial charge on any atom is -0.487 e. The van der Waals surface area contributed by atoms with Gasteiger partial charge in [-0.05, 0) is 83.7 Å². The monoisotopic (exact) mass is 385 g/mol. The smallest absolute Gasteiger partial charge is 0.161 e. The Labute approximate surface area is 169 Å². The van der Waals surface area contributed by atoms with E-state index in [9.17, 15) is 5.11 Å². The molecule has 1 aliphatic heterocycles. The van der Waals surface area contributed by atoms with Crippen LogP contribution in [-0.2, 0) is 5.41 Å². The fraction of sp³-hybridized carbons (Fsp3) is 0.667. The largest absolute Gasteiger partial charge is 0.487 e. The zero-order chi connectivity index (χ0) is 19.7. The number of likely N-dealkylation sites (tertiary alicyclic amines) is 1. The number of likely N-dealkylation sites (N-methyl/N-ethyl adjacent to an activating group) is 1. The number of rotatable bonds is 5. The molecule has 1 N–H and O–H groups in total. The standard InChI is InChI=1S/C24H35NO3/c1-17(2)27-21-10-9-18(15-22(21)28-20-7-5-4-6-8-20)24-12-11-19(26)16-23(24)25(3)14-13-24/h9-12,15,17,19-20,23,26H,4-8,13-14,16H2,1-3H3/t19-,23-,24-/m0/s1. The highest BCUT2D eigenvalue weighted by Gasteiger charge is 2.48. The van der Waals surface area contributed by atoms with Gasteiger partial charge in [0.2, 0.25) is 0 Å². The molecule has 0 spiro atoms. The van der Waals surface area contributed by atoms with E-state index in [1.54, 1.807) is 0 Å². The van der Waals surface area contributed by atoms with Crippen molar-refractivity contribution in [2.45, 2.75) is 88.6 Å². The van der Waals surface area contributed by atoms with Crippen LogP contribution in [0.4, 0.5) is 0 Å². The molecule has 1 aromatic carbocycles. The number of aliphatic hydroxyl groups excluding tert-OH is 1. The molecule has 2 fully saturated rings. The van der Waals surface area contributed by atoms with Crippen LogP contribution in [0.3, 0.4) is 0 Å². The van der Waals surface area contributed by atoms with Crippen LogP contribution in [0.1, 0.15) is 64.4 Å². The van der Waals surface area contributed by atoms with E-state index in [1.807, 2.05) is 6.08 Å². The fourth-order valence-electron chi connectivity index (χ4n) is 5.29. The van der Waals surface area contributed by atoms with Crippen molar-refractivity contribution in [2.24, 2.45) is 0 Å². The third-order valence-corrected chi connectivity index (χ3v) is 6.78. The number of ether oxygens (including phenoxy) is 2. The summed E-state index contributed by atoms with van der Waals surface area (Å²) in [6, 6.07) is 6.85. The van der Waals surface area contributed by atoms with Gasteiger partial charge in [0.05, 0.1) is 18.3 Å². The van der Waals surface area contributed by atoms with Gasteiger partial charge in [0.25, 0.3) is 0 Å². The Kier molecular flexibility index (Phi) is 5.71. The molecule has 0 radical (unpaired) electrons. The summed E-state index contributed by atoms with van der Waals surface area (Å²) in [6.45, 7) is 5.17. The van der Waals surface area contributed by atoms with Gasteiger partial charge < -0.3 is 19.5 Å². The first-order valence-electron chi connectivity index (χ1n) is 11.0. The molecule has 1 saturated carbocycles. The zero-order valence-corrected chi connectivity index (χ0v) is 17.6. The number of hydrogen-bond acceptors (Lipinski definition) is 4. The normalized spacial score (nSPS) is 31.2. The maximum absolute atomic E-state index is 10.2. The maximum Gasteiger partial charge on any atom is 0.161 e. The number of nitrogens with zero attached hydrogens (tertiary/aromatic N) is 1. The highest BCUT2D eigenvalue weighted by Crippen LogP contribution is 2.47. The van der Waals surface area contributed by atoms with Gasteiger partial charge in [-0.2, -0.15) is 0 Å². The molecule has 154 valence electrons. The van der Waals surface area contributed by atoms with Crippen LogP contribution in [0, 0.1) is 0 Å². The number of aliphatic hydroxyl groups is 1. The summed E-state index contributed by atoms with van der Waals surface area (Å²) >= 11 is 0. The lowest BCUT2D eigenvalue weighted by Crippen LogP contribution is -2.44. The van der Waals surface area contributed by atoms with Crippen LogP contribution in [0.15, 0.2) is 30.4 Å². The van der Waals surface area contributed by atoms with Gasteiger partial charge in [0.15, 0.2) is 11.5 Å². The molecule has 28 heavy (non-hydrogen) atoms. The molecule has 4 heteroatoms. The molecular weight excluding hydrogens is 350 g/mol. The average molecular weight is 386 g/mol. The van der Waals surface area contributed by atoms with Crippen molar-refractivity contribution in [1.82, 2.24) is 4.90 Å². The predicted molar refractivity (Wildman–Crippen MR) is 112 cm³/mol. The van der Waals surface area contributed by atoms with Crippen LogP contribution in [0.2, 0.25) is 0 Å². The molecule has 1 aromatic rings. The van der Waals surface area contributed by atoms with Crippen molar-refractivity contribution in [3.05, 3.63) is 35.9 Å². The van der Waals surface area contributed by atoms with Gasteiger partial charge >= 0.3 is 0 Å². The lowest BCUT2D eigenvalue weighted by molar-refractivity contribution is 0.135. The fourth-order valence-corrected chi connectivity index (χ4v) is 5.29. The van der Waals surface area contributed by atoms with E-state index < -0.39 is 0 Å². The summed E-state index contributed by atoms with van der Waals surface area (Å²) in [4.78, 5) is 2.40. The first-order valence-corrected chi connectivity index (χ1v) is 11.0. The molecule has 1 saturated heterocycles. The summed E-state index contributed by atoms with van der Waals surface area (Å²) in [7, 11) is 2.17. The van der Waals surface area contributed by atoms with Crippen molar-refractivity contribution >= 4 is 0 Å². The van der Waals surface area contributed by atoms with Crippen LogP contribution in [0.5, 0.6) is 11.5 Å². The molecular formula is C24H35NO3. The molecule has 3 atom stereocenters. The summed E-state index contributed by atoms with van der Waals surface area (Å²) in [6.07, 6.45) is 12.2. The van der Waals surface area contributed by atoms with E-state index in [0.717, 1.165) is 43.7 Å². The quantitative estimate of drug-likeness (QED) is 0.761. The van der Waals surface area contributed by atoms with Crippen molar-refractivity contribution in [2.75, 3.05) is 13.6 Å². The first kappa shape index (κ1) is 19.8. The summed E-state index contributed by atoms with van der Waals surface area (Å²) in [5, 5.41) is 10.2. The number of benzene rings is 1. The van der Waals surface area contributed by atoms with E-state index >= 15 is 0 Å². The molecule has 0 unspecified atom stereocenters. The second-order valence-electron chi connectivity index (χ2n) is 9.15. The van der Waals surface area contributed by atoms with Crippen molar-refractivity contribution in [1.29, 1.82) is 0 Å². The van der Waals surface area contributed by atoms with Crippen LogP contribution >= 0.6 is 0 Å². The predicted octanol–water partition coefficient (Wildman–Crippen LogP) is 4.45. The average Bonchev–Trinajstić information content (AvgIpc) is 3.01. The van der Waals surface area contributed by atoms with Gasteiger partial charge in [0.1, 0.15) is 0 Å². The van der Waals surface area contributed by atoms with Crippen molar-refractivity contribution < 1.29 is 14.6 Å². The molecule has 0 aromatic heterocycles. The second kappa shape index (κ2) is 8.08. The Bertz CT molecular complexity index is 710. The summed E-state index contributed by atoms with van der Waals surface area (Å²) in [5.41, 5.74) is 1.24. The van der Waals surface area contributed by atoms with E-state index in [4.69, 9.17) is 9.47 Å². The Balaban J connectivity index is 1.69. The SMILES string of the molecule is CC(C)Oc1ccc([C@@]23C=C[C@H](O)C[C@@H]2N(C)CC3)cc1OC1CCCCC1. The van der Waals surface area contributed by atoms with Crippen LogP contribution in [0.25, 0.3) is 0 Å². The molecule has 0 bridgehead atoms. The molecule has 4 nitrogen and oxygen atoms in total. The highest BCUT2D eigenvalue weighted by molar-refractivity contribution is 5.49. The Hall–Kier alpha value is -1.52. The maximum atomic E-state index is 10.2. The number of fused-ring (bicyclic) bond motifs is 1. The molecule has 1 heterocycles. The van der Waals surface area contributed by atoms with Gasteiger partial charge in [-0.25, -0.2) is 0 Å². The zero-order valence-electron chi connectivity index (χ0n) is 17.6. The van der Waals surface area contributed by atoms with E-state index in [1.165, 1.54) is 24.8 Å². The first-order chi connectivity index (χ1) is 13.5. The minimum absolute atomic E-state index is 0.0466. The third-order valence-electron chi connectivity index (χ3n) is 6.78. The van der Waals surface area contributed by atoms with Gasteiger partial charge in [-0.3, -0.25) is 0 Å². The highest BCUT2D eigenvalue weighted by atomic mass is 16.5. The Morgan fingerprint density at radius 3 is 2.68 bits per heavy atom. The molecule has 2 aliphatic carbocycles. The Morgan fingerprint density at radius 1 is 1.14 bits per heavy atom. The van der Waals surface area contributed by atoms with E-state index in [-0.39, 0.29) is 17.6 Å². The van der Waals surface area contributed by atoms with Gasteiger partial charge in [-0.1, -0.05) is 24.6 Å². The second-order valence-corrected chi connectivity index (χ2v) is 9.15. The van der Waals surface area contributed by atoms with Crippen LogP contribution in [-0.4, -0.2) is 48.0 Å². The number of hydrogen-bond donors (Lipinski definition) is 1. The van der Waals surface area contributed by atoms with Gasteiger partial charge in [0, 0.05) is 11.5 Å². The minimum atomic E-state index is -0.347. The molecule has 3 aliphatic rings. The lowest BCUT2D eigenvalue weighted by Gasteiger charge is -2.40. The van der Waals surface area contributed by atoms with Crippen LogP contribution < -0.4 is 9.47 Å². The summed E-state index contributed by atoms with van der Waals surface area (Å²) < 4.78 is 12.6. The topological polar surface area (TPSA) is 41.9 Å². The van der Waals surface area contributed by atoms with E-state index in [0.29, 0.717) is 12.1 Å². The van der Waals surface area contributed by atoms with Gasteiger partial charge in [-0.15, -0.1) is 0 Å². The molecule has 4 rings (SSSR count). The van der Waals surface area contributed by atoms with Crippen molar-refractivity contribution in [3.8, 4) is 11.5 Å². The van der Waals surface area contributed by atoms with Crippen molar-refractivity contribution in [3.63, 3.8) is 0 Å². The summed E-state index contributed by atoms with van der Waals surface area (Å²) in [5.74, 6) is 1.74.